The Balaban J connectivity index is 1.55. The number of methoxy groups -OCH3 is 1. The lowest BCUT2D eigenvalue weighted by molar-refractivity contribution is -0.116. The molecule has 0 aliphatic carbocycles. The molecule has 2 aliphatic rings. The fourth-order valence-electron chi connectivity index (χ4n) is 4.01. The van der Waals surface area contributed by atoms with E-state index in [1.54, 1.807) is 12.1 Å². The van der Waals surface area contributed by atoms with Crippen molar-refractivity contribution in [3.05, 3.63) is 99.6 Å². The molecule has 7 heteroatoms. The average Bonchev–Trinajstić information content (AvgIpc) is 2.83. The van der Waals surface area contributed by atoms with Gasteiger partial charge in [-0.3, -0.25) is 15.1 Å². The highest BCUT2D eigenvalue weighted by Gasteiger charge is 2.34. The summed E-state index contributed by atoms with van der Waals surface area (Å²) in [5, 5.41) is 11.7. The van der Waals surface area contributed by atoms with E-state index < -0.39 is 6.17 Å². The quantitative estimate of drug-likeness (QED) is 0.654. The highest BCUT2D eigenvalue weighted by atomic mass is 32.2. The van der Waals surface area contributed by atoms with E-state index in [0.29, 0.717) is 16.6 Å². The number of rotatable bonds is 4. The Labute approximate surface area is 196 Å². The number of fused-ring (bicyclic) bond motifs is 2. The van der Waals surface area contributed by atoms with Crippen LogP contribution in [0.3, 0.4) is 0 Å². The van der Waals surface area contributed by atoms with Crippen LogP contribution in [0.5, 0.6) is 5.75 Å². The maximum Gasteiger partial charge on any atom is 0.276 e. The van der Waals surface area contributed by atoms with E-state index in [1.807, 2.05) is 49.4 Å². The molecule has 0 aromatic heterocycles. The third-order valence-electron chi connectivity index (χ3n) is 5.73. The van der Waals surface area contributed by atoms with Crippen LogP contribution in [0.4, 0.5) is 0 Å². The monoisotopic (exact) mass is 456 g/mol. The Morgan fingerprint density at radius 3 is 2.61 bits per heavy atom. The molecule has 0 bridgehead atoms. The van der Waals surface area contributed by atoms with Crippen molar-refractivity contribution in [2.75, 3.05) is 7.11 Å². The standard InChI is InChI=1S/C26H24N4O2S/c1-16-8-10-18(11-9-16)15-33-26-28-25(31)23-20-6-4-5-7-21(20)27-24(30(23)29-26)19-12-13-22(32-3)17(2)14-19/h4-14,24H,15H2,1-3H3,(H,28,29,31). The molecule has 0 fully saturated rings. The third-order valence-corrected chi connectivity index (χ3v) is 6.66. The van der Waals surface area contributed by atoms with E-state index in [1.165, 1.54) is 22.9 Å². The van der Waals surface area contributed by atoms with E-state index in [9.17, 15) is 4.79 Å². The molecule has 3 aromatic carbocycles. The van der Waals surface area contributed by atoms with Crippen molar-refractivity contribution >= 4 is 28.5 Å². The summed E-state index contributed by atoms with van der Waals surface area (Å²) in [6, 6.07) is 22.0. The molecule has 2 heterocycles. The minimum absolute atomic E-state index is 0.172. The van der Waals surface area contributed by atoms with E-state index >= 15 is 0 Å². The molecule has 1 amide bonds. The Kier molecular flexibility index (Phi) is 5.64. The summed E-state index contributed by atoms with van der Waals surface area (Å²) < 4.78 is 5.42. The van der Waals surface area contributed by atoms with Gasteiger partial charge in [0.25, 0.3) is 5.91 Å². The first-order valence-corrected chi connectivity index (χ1v) is 11.7. The van der Waals surface area contributed by atoms with Crippen LogP contribution < -0.4 is 20.6 Å². The molecule has 6 nitrogen and oxygen atoms in total. The normalized spacial score (nSPS) is 16.9. The zero-order chi connectivity index (χ0) is 22.9. The van der Waals surface area contributed by atoms with Gasteiger partial charge in [-0.1, -0.05) is 65.9 Å². The number of amidine groups is 1. The fourth-order valence-corrected chi connectivity index (χ4v) is 4.81. The molecular weight excluding hydrogens is 432 g/mol. The summed E-state index contributed by atoms with van der Waals surface area (Å²) in [4.78, 5) is 18.2. The lowest BCUT2D eigenvalue weighted by atomic mass is 10.1. The number of ether oxygens (including phenoxy) is 1. The zero-order valence-electron chi connectivity index (χ0n) is 18.7. The molecule has 1 N–H and O–H groups in total. The number of nitrogens with zero attached hydrogens (tertiary/aromatic N) is 3. The minimum Gasteiger partial charge on any atom is -0.496 e. The van der Waals surface area contributed by atoms with E-state index in [-0.39, 0.29) is 5.91 Å². The Morgan fingerprint density at radius 2 is 1.85 bits per heavy atom. The average molecular weight is 457 g/mol. The van der Waals surface area contributed by atoms with Crippen LogP contribution in [0.25, 0.3) is 5.70 Å². The fraction of sp³-hybridized carbons (Fsp3) is 0.192. The molecule has 1 atom stereocenters. The van der Waals surface area contributed by atoms with Crippen LogP contribution in [0.2, 0.25) is 0 Å². The number of hydrogen-bond acceptors (Lipinski definition) is 6. The summed E-state index contributed by atoms with van der Waals surface area (Å²) in [7, 11) is 1.66. The first-order chi connectivity index (χ1) is 16.0. The second-order valence-electron chi connectivity index (χ2n) is 8.08. The Morgan fingerprint density at radius 1 is 1.06 bits per heavy atom. The van der Waals surface area contributed by atoms with Gasteiger partial charge in [-0.15, -0.1) is 5.10 Å². The summed E-state index contributed by atoms with van der Waals surface area (Å²) >= 11 is 1.50. The van der Waals surface area contributed by atoms with Crippen molar-refractivity contribution in [2.45, 2.75) is 25.8 Å². The van der Waals surface area contributed by atoms with Crippen molar-refractivity contribution < 1.29 is 9.53 Å². The summed E-state index contributed by atoms with van der Waals surface area (Å²) in [6.45, 7) is 4.07. The van der Waals surface area contributed by atoms with Gasteiger partial charge in [0.15, 0.2) is 11.3 Å². The largest absolute Gasteiger partial charge is 0.496 e. The first-order valence-electron chi connectivity index (χ1n) is 10.7. The molecule has 0 spiro atoms. The SMILES string of the molecule is COc1ccc(C2N=c3ccccc3=C3C(=O)NC(SCc4ccc(C)cc4)=NN32)cc1C. The minimum atomic E-state index is -0.444. The third kappa shape index (κ3) is 4.12. The molecule has 166 valence electrons. The maximum atomic E-state index is 13.3. The van der Waals surface area contributed by atoms with Gasteiger partial charge in [-0.25, -0.2) is 5.01 Å². The number of hydrazone groups is 1. The van der Waals surface area contributed by atoms with Gasteiger partial charge in [0.05, 0.1) is 12.5 Å². The number of aryl methyl sites for hydroxylation is 2. The van der Waals surface area contributed by atoms with Gasteiger partial charge in [0.1, 0.15) is 11.4 Å². The van der Waals surface area contributed by atoms with Crippen molar-refractivity contribution in [2.24, 2.45) is 10.1 Å². The first kappa shape index (κ1) is 21.3. The molecule has 3 aromatic rings. The number of hydrogen-bond donors (Lipinski definition) is 1. The molecule has 33 heavy (non-hydrogen) atoms. The smallest absolute Gasteiger partial charge is 0.276 e. The number of thioether (sulfide) groups is 1. The summed E-state index contributed by atoms with van der Waals surface area (Å²) in [6.07, 6.45) is -0.444. The maximum absolute atomic E-state index is 13.3. The second kappa shape index (κ2) is 8.75. The molecular formula is C26H24N4O2S. The molecule has 0 saturated heterocycles. The predicted molar refractivity (Wildman–Crippen MR) is 131 cm³/mol. The van der Waals surface area contributed by atoms with Gasteiger partial charge in [-0.05, 0) is 48.7 Å². The van der Waals surface area contributed by atoms with Gasteiger partial charge in [-0.2, -0.15) is 0 Å². The predicted octanol–water partition coefficient (Wildman–Crippen LogP) is 3.39. The van der Waals surface area contributed by atoms with Crippen molar-refractivity contribution in [1.29, 1.82) is 0 Å². The van der Waals surface area contributed by atoms with E-state index in [0.717, 1.165) is 27.5 Å². The Bertz CT molecular complexity index is 1380. The highest BCUT2D eigenvalue weighted by Crippen LogP contribution is 2.33. The van der Waals surface area contributed by atoms with Crippen molar-refractivity contribution in [3.63, 3.8) is 0 Å². The number of carbonyl (C=O) groups is 1. The molecule has 0 radical (unpaired) electrons. The molecule has 0 saturated carbocycles. The summed E-state index contributed by atoms with van der Waals surface area (Å²) in [5.74, 6) is 1.35. The van der Waals surface area contributed by atoms with Crippen molar-refractivity contribution in [3.8, 4) is 5.75 Å². The highest BCUT2D eigenvalue weighted by molar-refractivity contribution is 8.13. The van der Waals surface area contributed by atoms with Gasteiger partial charge in [0, 0.05) is 11.0 Å². The number of amides is 1. The van der Waals surface area contributed by atoms with Crippen LogP contribution in [-0.4, -0.2) is 23.2 Å². The van der Waals surface area contributed by atoms with E-state index in [2.05, 4.69) is 36.5 Å². The number of nitrogens with one attached hydrogen (secondary N) is 1. The Hall–Kier alpha value is -3.58. The van der Waals surface area contributed by atoms with Gasteiger partial charge in [0.2, 0.25) is 0 Å². The number of benzene rings is 3. The molecule has 5 rings (SSSR count). The zero-order valence-corrected chi connectivity index (χ0v) is 19.5. The lowest BCUT2D eigenvalue weighted by Crippen LogP contribution is -2.50. The van der Waals surface area contributed by atoms with Crippen LogP contribution in [0.1, 0.15) is 28.4 Å². The van der Waals surface area contributed by atoms with Crippen LogP contribution in [-0.2, 0) is 10.5 Å². The summed E-state index contributed by atoms with van der Waals surface area (Å²) in [5.41, 5.74) is 4.86. The second-order valence-corrected chi connectivity index (χ2v) is 9.04. The lowest BCUT2D eigenvalue weighted by Gasteiger charge is -2.34. The van der Waals surface area contributed by atoms with Crippen LogP contribution in [0.15, 0.2) is 76.8 Å². The van der Waals surface area contributed by atoms with Gasteiger partial charge < -0.3 is 4.74 Å². The number of carbonyl (C=O) groups excluding carboxylic acids is 1. The number of para-hydroxylation sites is 1. The van der Waals surface area contributed by atoms with Crippen molar-refractivity contribution in [1.82, 2.24) is 10.3 Å². The molecule has 2 aliphatic heterocycles. The van der Waals surface area contributed by atoms with Crippen LogP contribution >= 0.6 is 11.8 Å². The topological polar surface area (TPSA) is 66.3 Å². The molecule has 1 unspecified atom stereocenters. The van der Waals surface area contributed by atoms with Crippen LogP contribution in [0, 0.1) is 13.8 Å². The van der Waals surface area contributed by atoms with Gasteiger partial charge >= 0.3 is 0 Å². The van der Waals surface area contributed by atoms with E-state index in [4.69, 9.17) is 14.8 Å².